The Kier molecular flexibility index (Phi) is 7.40. The van der Waals surface area contributed by atoms with Gasteiger partial charge in [-0.05, 0) is 48.0 Å². The third-order valence-electron chi connectivity index (χ3n) is 4.96. The van der Waals surface area contributed by atoms with Crippen LogP contribution in [0.3, 0.4) is 0 Å². The van der Waals surface area contributed by atoms with Crippen LogP contribution in [0.25, 0.3) is 6.08 Å². The lowest BCUT2D eigenvalue weighted by Crippen LogP contribution is -2.49. The van der Waals surface area contributed by atoms with Gasteiger partial charge in [-0.2, -0.15) is 0 Å². The Hall–Kier alpha value is -2.50. The first kappa shape index (κ1) is 22.2. The average Bonchev–Trinajstić information content (AvgIpc) is 2.73. The second kappa shape index (κ2) is 10.0. The zero-order valence-corrected chi connectivity index (χ0v) is 18.6. The molecule has 0 atom stereocenters. The molecule has 0 aromatic heterocycles. The van der Waals surface area contributed by atoms with Crippen molar-refractivity contribution in [1.82, 2.24) is 4.90 Å². The summed E-state index contributed by atoms with van der Waals surface area (Å²) in [6, 6.07) is 12.8. The summed E-state index contributed by atoms with van der Waals surface area (Å²) < 4.78 is 0. The fourth-order valence-corrected chi connectivity index (χ4v) is 3.76. The topological polar surface area (TPSA) is 52.7 Å². The summed E-state index contributed by atoms with van der Waals surface area (Å²) in [6.07, 6.45) is 3.09. The number of carbonyl (C=O) groups is 2. The second-order valence-corrected chi connectivity index (χ2v) is 8.35. The quantitative estimate of drug-likeness (QED) is 0.662. The summed E-state index contributed by atoms with van der Waals surface area (Å²) in [4.78, 5) is 28.5. The van der Waals surface area contributed by atoms with Gasteiger partial charge in [0.1, 0.15) is 0 Å². The highest BCUT2D eigenvalue weighted by Crippen LogP contribution is 2.23. The SMILES string of the molecule is CC(C)C(=O)N1CCN(c2ccc(NC(=O)C=Cc3ccc(Cl)cc3Cl)cc2)CC1. The molecule has 0 saturated carbocycles. The maximum Gasteiger partial charge on any atom is 0.248 e. The summed E-state index contributed by atoms with van der Waals surface area (Å²) in [6.45, 7) is 6.92. The van der Waals surface area contributed by atoms with Crippen LogP contribution in [0.4, 0.5) is 11.4 Å². The first-order chi connectivity index (χ1) is 14.3. The van der Waals surface area contributed by atoms with Crippen molar-refractivity contribution in [1.29, 1.82) is 0 Å². The highest BCUT2D eigenvalue weighted by Gasteiger charge is 2.22. The van der Waals surface area contributed by atoms with Crippen molar-refractivity contribution in [2.45, 2.75) is 13.8 Å². The number of piperazine rings is 1. The second-order valence-electron chi connectivity index (χ2n) is 7.50. The van der Waals surface area contributed by atoms with E-state index >= 15 is 0 Å². The number of anilines is 2. The number of hydrogen-bond acceptors (Lipinski definition) is 3. The van der Waals surface area contributed by atoms with Crippen molar-refractivity contribution >= 4 is 52.5 Å². The maximum absolute atomic E-state index is 12.2. The third kappa shape index (κ3) is 5.77. The summed E-state index contributed by atoms with van der Waals surface area (Å²) >= 11 is 12.0. The molecule has 2 amide bonds. The van der Waals surface area contributed by atoms with E-state index in [1.165, 1.54) is 6.08 Å². The molecule has 0 bridgehead atoms. The van der Waals surface area contributed by atoms with Crippen molar-refractivity contribution in [2.75, 3.05) is 36.4 Å². The van der Waals surface area contributed by atoms with E-state index in [1.54, 1.807) is 24.3 Å². The molecule has 1 aliphatic heterocycles. The zero-order chi connectivity index (χ0) is 21.7. The normalized spacial score (nSPS) is 14.4. The highest BCUT2D eigenvalue weighted by molar-refractivity contribution is 6.35. The summed E-state index contributed by atoms with van der Waals surface area (Å²) in [5.74, 6) is -0.000515. The Balaban J connectivity index is 1.54. The number of amides is 2. The van der Waals surface area contributed by atoms with E-state index in [-0.39, 0.29) is 17.7 Å². The number of rotatable bonds is 5. The van der Waals surface area contributed by atoms with Crippen molar-refractivity contribution in [3.8, 4) is 0 Å². The average molecular weight is 446 g/mol. The van der Waals surface area contributed by atoms with Crippen LogP contribution in [0.1, 0.15) is 19.4 Å². The van der Waals surface area contributed by atoms with E-state index < -0.39 is 0 Å². The van der Waals surface area contributed by atoms with Gasteiger partial charge in [-0.25, -0.2) is 0 Å². The van der Waals surface area contributed by atoms with Crippen molar-refractivity contribution in [3.63, 3.8) is 0 Å². The van der Waals surface area contributed by atoms with E-state index in [0.29, 0.717) is 15.7 Å². The Bertz CT molecular complexity index is 934. The fraction of sp³-hybridized carbons (Fsp3) is 0.304. The molecule has 0 aliphatic carbocycles. The Morgan fingerprint density at radius 3 is 2.27 bits per heavy atom. The van der Waals surface area contributed by atoms with Crippen LogP contribution >= 0.6 is 23.2 Å². The lowest BCUT2D eigenvalue weighted by atomic mass is 10.1. The number of halogens is 2. The van der Waals surface area contributed by atoms with E-state index in [2.05, 4.69) is 10.2 Å². The smallest absolute Gasteiger partial charge is 0.248 e. The maximum atomic E-state index is 12.2. The van der Waals surface area contributed by atoms with Gasteiger partial charge in [0.2, 0.25) is 11.8 Å². The Morgan fingerprint density at radius 2 is 1.67 bits per heavy atom. The molecule has 2 aromatic rings. The monoisotopic (exact) mass is 445 g/mol. The van der Waals surface area contributed by atoms with Gasteiger partial charge in [0, 0.05) is 59.6 Å². The van der Waals surface area contributed by atoms with Crippen LogP contribution in [0.2, 0.25) is 10.0 Å². The van der Waals surface area contributed by atoms with Crippen molar-refractivity contribution in [3.05, 3.63) is 64.1 Å². The van der Waals surface area contributed by atoms with Gasteiger partial charge in [-0.15, -0.1) is 0 Å². The number of hydrogen-bond donors (Lipinski definition) is 1. The van der Waals surface area contributed by atoms with Gasteiger partial charge >= 0.3 is 0 Å². The van der Waals surface area contributed by atoms with Gasteiger partial charge in [-0.1, -0.05) is 43.1 Å². The van der Waals surface area contributed by atoms with Gasteiger partial charge < -0.3 is 15.1 Å². The molecule has 1 fully saturated rings. The van der Waals surface area contributed by atoms with E-state index in [1.807, 2.05) is 43.0 Å². The first-order valence-electron chi connectivity index (χ1n) is 9.91. The lowest BCUT2D eigenvalue weighted by molar-refractivity contribution is -0.134. The molecule has 7 heteroatoms. The molecule has 1 aliphatic rings. The van der Waals surface area contributed by atoms with Crippen LogP contribution in [0.15, 0.2) is 48.5 Å². The van der Waals surface area contributed by atoms with Crippen molar-refractivity contribution < 1.29 is 9.59 Å². The molecule has 3 rings (SSSR count). The zero-order valence-electron chi connectivity index (χ0n) is 17.1. The van der Waals surface area contributed by atoms with E-state index in [4.69, 9.17) is 23.2 Å². The van der Waals surface area contributed by atoms with Crippen LogP contribution in [-0.4, -0.2) is 42.9 Å². The predicted molar refractivity (Wildman–Crippen MR) is 124 cm³/mol. The third-order valence-corrected chi connectivity index (χ3v) is 5.52. The molecule has 1 N–H and O–H groups in total. The Labute approximate surface area is 187 Å². The van der Waals surface area contributed by atoms with Crippen LogP contribution in [0.5, 0.6) is 0 Å². The lowest BCUT2D eigenvalue weighted by Gasteiger charge is -2.37. The molecule has 1 saturated heterocycles. The van der Waals surface area contributed by atoms with Gasteiger partial charge in [-0.3, -0.25) is 9.59 Å². The number of benzene rings is 2. The van der Waals surface area contributed by atoms with E-state index in [9.17, 15) is 9.59 Å². The minimum atomic E-state index is -0.241. The fourth-order valence-electron chi connectivity index (χ4n) is 3.29. The minimum absolute atomic E-state index is 0.0317. The molecule has 0 spiro atoms. The molecular weight excluding hydrogens is 421 g/mol. The van der Waals surface area contributed by atoms with Crippen molar-refractivity contribution in [2.24, 2.45) is 5.92 Å². The van der Waals surface area contributed by atoms with E-state index in [0.717, 1.165) is 37.4 Å². The predicted octanol–water partition coefficient (Wildman–Crippen LogP) is 4.95. The standard InChI is InChI=1S/C23H25Cl2N3O2/c1-16(2)23(30)28-13-11-27(12-14-28)20-8-6-19(7-9-20)26-22(29)10-4-17-3-5-18(24)15-21(17)25/h3-10,15-16H,11-14H2,1-2H3,(H,26,29). The molecule has 2 aromatic carbocycles. The molecule has 5 nitrogen and oxygen atoms in total. The number of nitrogens with zero attached hydrogens (tertiary/aromatic N) is 2. The molecule has 0 radical (unpaired) electrons. The molecular formula is C23H25Cl2N3O2. The minimum Gasteiger partial charge on any atom is -0.368 e. The molecule has 1 heterocycles. The first-order valence-corrected chi connectivity index (χ1v) is 10.7. The largest absolute Gasteiger partial charge is 0.368 e. The van der Waals surface area contributed by atoms with Gasteiger partial charge in [0.25, 0.3) is 0 Å². The van der Waals surface area contributed by atoms with Gasteiger partial charge in [0.05, 0.1) is 0 Å². The van der Waals surface area contributed by atoms with Gasteiger partial charge in [0.15, 0.2) is 0 Å². The number of carbonyl (C=O) groups excluding carboxylic acids is 2. The molecule has 158 valence electrons. The summed E-state index contributed by atoms with van der Waals surface area (Å²) in [5, 5.41) is 3.88. The van der Waals surface area contributed by atoms with Crippen LogP contribution in [0, 0.1) is 5.92 Å². The highest BCUT2D eigenvalue weighted by atomic mass is 35.5. The van der Waals surface area contributed by atoms with Crippen LogP contribution in [-0.2, 0) is 9.59 Å². The summed E-state index contributed by atoms with van der Waals surface area (Å²) in [7, 11) is 0. The Morgan fingerprint density at radius 1 is 1.00 bits per heavy atom. The molecule has 0 unspecified atom stereocenters. The number of nitrogens with one attached hydrogen (secondary N) is 1. The summed E-state index contributed by atoms with van der Waals surface area (Å²) in [5.41, 5.74) is 2.51. The van der Waals surface area contributed by atoms with Crippen LogP contribution < -0.4 is 10.2 Å². The molecule has 30 heavy (non-hydrogen) atoms.